The van der Waals surface area contributed by atoms with Gasteiger partial charge in [-0.3, -0.25) is 19.3 Å². The highest BCUT2D eigenvalue weighted by molar-refractivity contribution is 6.15. The van der Waals surface area contributed by atoms with E-state index < -0.39 is 29.4 Å². The summed E-state index contributed by atoms with van der Waals surface area (Å²) in [6.45, 7) is 4.73. The molecular weight excluding hydrogens is 442 g/mol. The van der Waals surface area contributed by atoms with E-state index >= 15 is 0 Å². The molecule has 0 bridgehead atoms. The average molecular weight is 461 g/mol. The summed E-state index contributed by atoms with van der Waals surface area (Å²) in [4.78, 5) is 31.2. The maximum Gasteiger partial charge on any atom is 0.416 e. The summed E-state index contributed by atoms with van der Waals surface area (Å²) in [5, 5.41) is 6.69. The normalized spacial score (nSPS) is 16.0. The van der Waals surface area contributed by atoms with Crippen molar-refractivity contribution in [3.05, 3.63) is 70.6 Å². The molecule has 0 fully saturated rings. The third kappa shape index (κ3) is 3.94. The molecule has 1 unspecified atom stereocenters. The molecule has 0 spiro atoms. The minimum atomic E-state index is -4.50. The molecular formula is C22H19F4N5O2. The van der Waals surface area contributed by atoms with Gasteiger partial charge in [-0.25, -0.2) is 4.39 Å². The van der Waals surface area contributed by atoms with E-state index in [1.54, 1.807) is 6.92 Å². The second kappa shape index (κ2) is 7.98. The van der Waals surface area contributed by atoms with Crippen LogP contribution in [0.4, 0.5) is 28.9 Å². The van der Waals surface area contributed by atoms with E-state index in [9.17, 15) is 27.2 Å². The van der Waals surface area contributed by atoms with Gasteiger partial charge >= 0.3 is 6.18 Å². The number of amides is 2. The first-order valence-electron chi connectivity index (χ1n) is 9.97. The molecule has 7 nitrogen and oxygen atoms in total. The Hall–Kier alpha value is -3.76. The van der Waals surface area contributed by atoms with Crippen LogP contribution >= 0.6 is 0 Å². The summed E-state index contributed by atoms with van der Waals surface area (Å²) in [6.07, 6.45) is -0.964. The minimum absolute atomic E-state index is 0.00850. The predicted octanol–water partition coefficient (Wildman–Crippen LogP) is 4.53. The number of fused-ring (bicyclic) bond motifs is 1. The zero-order valence-electron chi connectivity index (χ0n) is 17.9. The molecule has 1 aliphatic heterocycles. The standard InChI is InChI=1S/C22H19F4N5O2/c1-11-6-14(4-5-16(11)22(24,25)26)30-10-12(2)31-19(21(30)33)15(7-28-31)20(32)29-18-9-27-8-17(23)13(18)3/h4-9,12H,10H2,1-3H3,(H,29,32). The summed E-state index contributed by atoms with van der Waals surface area (Å²) in [5.41, 5.74) is -0.247. The van der Waals surface area contributed by atoms with Crippen molar-refractivity contribution in [2.24, 2.45) is 0 Å². The molecule has 11 heteroatoms. The third-order valence-electron chi connectivity index (χ3n) is 5.58. The highest BCUT2D eigenvalue weighted by Gasteiger charge is 2.37. The Kier molecular flexibility index (Phi) is 5.43. The summed E-state index contributed by atoms with van der Waals surface area (Å²) >= 11 is 0. The number of carbonyl (C=O) groups excluding carboxylic acids is 2. The fourth-order valence-corrected chi connectivity index (χ4v) is 3.80. The first-order chi connectivity index (χ1) is 15.5. The van der Waals surface area contributed by atoms with Crippen LogP contribution in [-0.4, -0.2) is 33.1 Å². The molecule has 4 rings (SSSR count). The number of halogens is 4. The summed E-state index contributed by atoms with van der Waals surface area (Å²) in [6, 6.07) is 3.11. The lowest BCUT2D eigenvalue weighted by molar-refractivity contribution is -0.138. The van der Waals surface area contributed by atoms with Crippen molar-refractivity contribution < 1.29 is 27.2 Å². The predicted molar refractivity (Wildman–Crippen MR) is 112 cm³/mol. The molecule has 33 heavy (non-hydrogen) atoms. The van der Waals surface area contributed by atoms with Crippen molar-refractivity contribution in [2.75, 3.05) is 16.8 Å². The summed E-state index contributed by atoms with van der Waals surface area (Å²) in [5.74, 6) is -1.86. The van der Waals surface area contributed by atoms with Crippen molar-refractivity contribution in [3.8, 4) is 0 Å². The van der Waals surface area contributed by atoms with Gasteiger partial charge in [0.05, 0.1) is 41.4 Å². The highest BCUT2D eigenvalue weighted by atomic mass is 19.4. The maximum atomic E-state index is 13.8. The van der Waals surface area contributed by atoms with E-state index in [1.165, 1.54) is 48.0 Å². The van der Waals surface area contributed by atoms with Crippen molar-refractivity contribution >= 4 is 23.2 Å². The quantitative estimate of drug-likeness (QED) is 0.582. The highest BCUT2D eigenvalue weighted by Crippen LogP contribution is 2.35. The second-order valence-electron chi connectivity index (χ2n) is 7.86. The van der Waals surface area contributed by atoms with E-state index in [0.717, 1.165) is 12.3 Å². The Balaban J connectivity index is 1.68. The van der Waals surface area contributed by atoms with E-state index in [0.29, 0.717) is 0 Å². The lowest BCUT2D eigenvalue weighted by Gasteiger charge is -2.32. The van der Waals surface area contributed by atoms with E-state index in [1.807, 2.05) is 0 Å². The van der Waals surface area contributed by atoms with Crippen LogP contribution in [0.5, 0.6) is 0 Å². The zero-order valence-corrected chi connectivity index (χ0v) is 17.9. The molecule has 0 radical (unpaired) electrons. The van der Waals surface area contributed by atoms with E-state index in [4.69, 9.17) is 0 Å². The molecule has 2 aromatic heterocycles. The van der Waals surface area contributed by atoms with Gasteiger partial charge in [-0.2, -0.15) is 18.3 Å². The molecule has 0 saturated heterocycles. The Labute approximate surface area is 186 Å². The first-order valence-corrected chi connectivity index (χ1v) is 9.97. The van der Waals surface area contributed by atoms with Gasteiger partial charge in [-0.1, -0.05) is 0 Å². The molecule has 172 valence electrons. The lowest BCUT2D eigenvalue weighted by atomic mass is 10.0. The monoisotopic (exact) mass is 461 g/mol. The fraction of sp³-hybridized carbons (Fsp3) is 0.273. The number of pyridine rings is 1. The fourth-order valence-electron chi connectivity index (χ4n) is 3.80. The number of nitrogens with zero attached hydrogens (tertiary/aromatic N) is 4. The van der Waals surface area contributed by atoms with Crippen LogP contribution in [0.25, 0.3) is 0 Å². The minimum Gasteiger partial charge on any atom is -0.320 e. The zero-order chi connectivity index (χ0) is 24.1. The Morgan fingerprint density at radius 2 is 1.91 bits per heavy atom. The first kappa shape index (κ1) is 22.4. The molecule has 1 atom stereocenters. The number of aromatic nitrogens is 3. The van der Waals surface area contributed by atoms with Crippen LogP contribution in [0.3, 0.4) is 0 Å². The van der Waals surface area contributed by atoms with Crippen LogP contribution in [0, 0.1) is 19.7 Å². The number of rotatable bonds is 3. The average Bonchev–Trinajstić information content (AvgIpc) is 3.19. The Morgan fingerprint density at radius 3 is 2.58 bits per heavy atom. The largest absolute Gasteiger partial charge is 0.416 e. The topological polar surface area (TPSA) is 80.1 Å². The van der Waals surface area contributed by atoms with Crippen LogP contribution < -0.4 is 10.2 Å². The van der Waals surface area contributed by atoms with Crippen molar-refractivity contribution in [1.29, 1.82) is 0 Å². The van der Waals surface area contributed by atoms with Crippen LogP contribution in [0.1, 0.15) is 50.5 Å². The number of aryl methyl sites for hydroxylation is 1. The number of alkyl halides is 3. The van der Waals surface area contributed by atoms with Crippen LogP contribution in [0.15, 0.2) is 36.8 Å². The lowest BCUT2D eigenvalue weighted by Crippen LogP contribution is -2.43. The number of hydrogen-bond donors (Lipinski definition) is 1. The van der Waals surface area contributed by atoms with Gasteiger partial charge in [-0.15, -0.1) is 0 Å². The molecule has 1 aliphatic rings. The van der Waals surface area contributed by atoms with E-state index in [-0.39, 0.29) is 46.3 Å². The maximum absolute atomic E-state index is 13.8. The number of carbonyl (C=O) groups is 2. The van der Waals surface area contributed by atoms with Gasteiger partial charge in [0, 0.05) is 17.8 Å². The molecule has 0 saturated carbocycles. The van der Waals surface area contributed by atoms with E-state index in [2.05, 4.69) is 15.4 Å². The SMILES string of the molecule is Cc1cc(N2CC(C)n3ncc(C(=O)Nc4cncc(F)c4C)c3C2=O)ccc1C(F)(F)F. The van der Waals surface area contributed by atoms with Crippen LogP contribution in [-0.2, 0) is 6.18 Å². The second-order valence-corrected chi connectivity index (χ2v) is 7.86. The van der Waals surface area contributed by atoms with Gasteiger partial charge in [0.1, 0.15) is 11.5 Å². The summed E-state index contributed by atoms with van der Waals surface area (Å²) in [7, 11) is 0. The molecule has 1 aromatic carbocycles. The number of hydrogen-bond acceptors (Lipinski definition) is 4. The van der Waals surface area contributed by atoms with Gasteiger partial charge in [0.25, 0.3) is 11.8 Å². The number of anilines is 2. The Bertz CT molecular complexity index is 1270. The number of benzene rings is 1. The summed E-state index contributed by atoms with van der Waals surface area (Å²) < 4.78 is 54.6. The van der Waals surface area contributed by atoms with Gasteiger partial charge < -0.3 is 10.2 Å². The smallest absolute Gasteiger partial charge is 0.320 e. The van der Waals surface area contributed by atoms with Gasteiger partial charge in [0.2, 0.25) is 0 Å². The van der Waals surface area contributed by atoms with Gasteiger partial charge in [0.15, 0.2) is 0 Å². The van der Waals surface area contributed by atoms with Gasteiger partial charge in [-0.05, 0) is 44.5 Å². The van der Waals surface area contributed by atoms with Crippen molar-refractivity contribution in [3.63, 3.8) is 0 Å². The van der Waals surface area contributed by atoms with Crippen LogP contribution in [0.2, 0.25) is 0 Å². The van der Waals surface area contributed by atoms with Crippen molar-refractivity contribution in [2.45, 2.75) is 33.0 Å². The third-order valence-corrected chi connectivity index (χ3v) is 5.58. The number of nitrogens with one attached hydrogen (secondary N) is 1. The molecule has 0 aliphatic carbocycles. The Morgan fingerprint density at radius 1 is 1.18 bits per heavy atom. The molecule has 1 N–H and O–H groups in total. The van der Waals surface area contributed by atoms with Crippen molar-refractivity contribution in [1.82, 2.24) is 14.8 Å². The molecule has 2 amide bonds. The molecule has 3 aromatic rings. The molecule has 3 heterocycles.